The molecule has 0 radical (unpaired) electrons. The molecule has 0 aliphatic heterocycles. The molecule has 1 atom stereocenters. The Morgan fingerprint density at radius 3 is 2.50 bits per heavy atom. The molecular weight excluding hydrogens is 232 g/mol. The number of nitrogens with two attached hydrogens (primary N) is 1. The van der Waals surface area contributed by atoms with Crippen molar-refractivity contribution in [3.63, 3.8) is 0 Å². The molecule has 0 aliphatic carbocycles. The standard InChI is InChI=1S/C13H20N2O3/c1-8(2)12(13(16)18-4)15-9-6-5-7-10(17-3)11(9)14/h5-8,12,15H,14H2,1-4H3. The Morgan fingerprint density at radius 1 is 1.33 bits per heavy atom. The lowest BCUT2D eigenvalue weighted by Gasteiger charge is -2.22. The Labute approximate surface area is 107 Å². The van der Waals surface area contributed by atoms with Gasteiger partial charge in [-0.2, -0.15) is 0 Å². The van der Waals surface area contributed by atoms with Crippen molar-refractivity contribution in [2.45, 2.75) is 19.9 Å². The topological polar surface area (TPSA) is 73.6 Å². The number of rotatable bonds is 5. The zero-order valence-electron chi connectivity index (χ0n) is 11.2. The molecule has 0 saturated heterocycles. The van der Waals surface area contributed by atoms with Crippen molar-refractivity contribution in [1.29, 1.82) is 0 Å². The van der Waals surface area contributed by atoms with E-state index in [4.69, 9.17) is 15.2 Å². The van der Waals surface area contributed by atoms with E-state index < -0.39 is 6.04 Å². The van der Waals surface area contributed by atoms with Crippen LogP contribution in [0.4, 0.5) is 11.4 Å². The van der Waals surface area contributed by atoms with Crippen molar-refractivity contribution in [3.05, 3.63) is 18.2 Å². The van der Waals surface area contributed by atoms with Crippen LogP contribution < -0.4 is 15.8 Å². The second kappa shape index (κ2) is 6.14. The van der Waals surface area contributed by atoms with Gasteiger partial charge in [-0.15, -0.1) is 0 Å². The molecule has 3 N–H and O–H groups in total. The number of anilines is 2. The maximum Gasteiger partial charge on any atom is 0.328 e. The average Bonchev–Trinajstić information content (AvgIpc) is 2.36. The minimum absolute atomic E-state index is 0.0862. The van der Waals surface area contributed by atoms with E-state index in [-0.39, 0.29) is 11.9 Å². The number of carbonyl (C=O) groups is 1. The molecule has 0 amide bonds. The molecule has 0 fully saturated rings. The van der Waals surface area contributed by atoms with Crippen LogP contribution in [-0.4, -0.2) is 26.2 Å². The van der Waals surface area contributed by atoms with Gasteiger partial charge in [-0.25, -0.2) is 4.79 Å². The van der Waals surface area contributed by atoms with Gasteiger partial charge in [-0.3, -0.25) is 0 Å². The van der Waals surface area contributed by atoms with Gasteiger partial charge in [-0.05, 0) is 18.1 Å². The lowest BCUT2D eigenvalue weighted by atomic mass is 10.0. The van der Waals surface area contributed by atoms with Crippen LogP contribution in [0.1, 0.15) is 13.8 Å². The highest BCUT2D eigenvalue weighted by Gasteiger charge is 2.23. The molecule has 0 heterocycles. The number of hydrogen-bond donors (Lipinski definition) is 2. The predicted octanol–water partition coefficient (Wildman–Crippen LogP) is 1.89. The van der Waals surface area contributed by atoms with Crippen molar-refractivity contribution >= 4 is 17.3 Å². The van der Waals surface area contributed by atoms with Gasteiger partial charge in [0.1, 0.15) is 11.8 Å². The van der Waals surface area contributed by atoms with Crippen LogP contribution in [0.2, 0.25) is 0 Å². The molecule has 0 aliphatic rings. The van der Waals surface area contributed by atoms with E-state index in [2.05, 4.69) is 5.32 Å². The maximum atomic E-state index is 11.7. The van der Waals surface area contributed by atoms with Gasteiger partial charge in [0.2, 0.25) is 0 Å². The largest absolute Gasteiger partial charge is 0.495 e. The average molecular weight is 252 g/mol. The summed E-state index contributed by atoms with van der Waals surface area (Å²) in [5.41, 5.74) is 7.09. The Bertz CT molecular complexity index is 419. The number of benzene rings is 1. The zero-order chi connectivity index (χ0) is 13.7. The summed E-state index contributed by atoms with van der Waals surface area (Å²) < 4.78 is 9.90. The lowest BCUT2D eigenvalue weighted by Crippen LogP contribution is -2.35. The highest BCUT2D eigenvalue weighted by atomic mass is 16.5. The summed E-state index contributed by atoms with van der Waals surface area (Å²) >= 11 is 0. The van der Waals surface area contributed by atoms with E-state index in [0.717, 1.165) is 0 Å². The molecule has 1 rings (SSSR count). The van der Waals surface area contributed by atoms with E-state index >= 15 is 0 Å². The smallest absolute Gasteiger partial charge is 0.328 e. The number of ether oxygens (including phenoxy) is 2. The molecule has 0 aromatic heterocycles. The zero-order valence-corrected chi connectivity index (χ0v) is 11.2. The first-order valence-corrected chi connectivity index (χ1v) is 5.78. The van der Waals surface area contributed by atoms with Crippen molar-refractivity contribution in [3.8, 4) is 5.75 Å². The summed E-state index contributed by atoms with van der Waals surface area (Å²) in [5, 5.41) is 3.09. The van der Waals surface area contributed by atoms with Gasteiger partial charge >= 0.3 is 5.97 Å². The van der Waals surface area contributed by atoms with Gasteiger partial charge in [0.15, 0.2) is 0 Å². The first-order valence-electron chi connectivity index (χ1n) is 5.78. The Kier molecular flexibility index (Phi) is 4.83. The summed E-state index contributed by atoms with van der Waals surface area (Å²) in [5.74, 6) is 0.350. The number of esters is 1. The monoisotopic (exact) mass is 252 g/mol. The van der Waals surface area contributed by atoms with Crippen LogP contribution in [0.5, 0.6) is 5.75 Å². The number of hydrogen-bond acceptors (Lipinski definition) is 5. The summed E-state index contributed by atoms with van der Waals surface area (Å²) in [6, 6.07) is 4.94. The third-order valence-electron chi connectivity index (χ3n) is 2.72. The van der Waals surface area contributed by atoms with E-state index in [9.17, 15) is 4.79 Å². The molecule has 18 heavy (non-hydrogen) atoms. The number of methoxy groups -OCH3 is 2. The summed E-state index contributed by atoms with van der Waals surface area (Å²) in [7, 11) is 2.92. The fourth-order valence-electron chi connectivity index (χ4n) is 1.64. The first-order chi connectivity index (χ1) is 8.51. The van der Waals surface area contributed by atoms with Crippen LogP contribution in [0.25, 0.3) is 0 Å². The molecule has 1 aromatic carbocycles. The number of nitrogens with one attached hydrogen (secondary N) is 1. The fourth-order valence-corrected chi connectivity index (χ4v) is 1.64. The lowest BCUT2D eigenvalue weighted by molar-refractivity contribution is -0.142. The molecule has 0 spiro atoms. The molecule has 0 saturated carbocycles. The van der Waals surface area contributed by atoms with E-state index in [1.54, 1.807) is 19.2 Å². The molecule has 1 unspecified atom stereocenters. The fraction of sp³-hybridized carbons (Fsp3) is 0.462. The normalized spacial score (nSPS) is 12.1. The van der Waals surface area contributed by atoms with Crippen LogP contribution in [-0.2, 0) is 9.53 Å². The van der Waals surface area contributed by atoms with Crippen molar-refractivity contribution in [1.82, 2.24) is 0 Å². The molecule has 5 nitrogen and oxygen atoms in total. The first kappa shape index (κ1) is 14.2. The summed E-state index contributed by atoms with van der Waals surface area (Å²) in [6.45, 7) is 3.87. The van der Waals surface area contributed by atoms with Gasteiger partial charge in [0, 0.05) is 0 Å². The van der Waals surface area contributed by atoms with Crippen molar-refractivity contribution in [2.75, 3.05) is 25.3 Å². The van der Waals surface area contributed by atoms with E-state index in [1.165, 1.54) is 7.11 Å². The van der Waals surface area contributed by atoms with E-state index in [1.807, 2.05) is 19.9 Å². The highest BCUT2D eigenvalue weighted by molar-refractivity contribution is 5.82. The molecular formula is C13H20N2O3. The molecule has 100 valence electrons. The number of nitrogen functional groups attached to an aromatic ring is 1. The quantitative estimate of drug-likeness (QED) is 0.618. The van der Waals surface area contributed by atoms with Gasteiger partial charge < -0.3 is 20.5 Å². The molecule has 0 bridgehead atoms. The number of para-hydroxylation sites is 1. The second-order valence-corrected chi connectivity index (χ2v) is 4.31. The van der Waals surface area contributed by atoms with E-state index in [0.29, 0.717) is 17.1 Å². The van der Waals surface area contributed by atoms with Crippen molar-refractivity contribution < 1.29 is 14.3 Å². The Morgan fingerprint density at radius 2 is 2.00 bits per heavy atom. The maximum absolute atomic E-state index is 11.7. The third-order valence-corrected chi connectivity index (χ3v) is 2.72. The Balaban J connectivity index is 2.97. The van der Waals surface area contributed by atoms with Crippen LogP contribution in [0, 0.1) is 5.92 Å². The minimum atomic E-state index is -0.440. The highest BCUT2D eigenvalue weighted by Crippen LogP contribution is 2.30. The van der Waals surface area contributed by atoms with Crippen LogP contribution >= 0.6 is 0 Å². The van der Waals surface area contributed by atoms with Crippen LogP contribution in [0.15, 0.2) is 18.2 Å². The molecule has 1 aromatic rings. The molecule has 5 heteroatoms. The summed E-state index contributed by atoms with van der Waals surface area (Å²) in [6.07, 6.45) is 0. The minimum Gasteiger partial charge on any atom is -0.495 e. The predicted molar refractivity (Wildman–Crippen MR) is 71.7 cm³/mol. The van der Waals surface area contributed by atoms with Gasteiger partial charge in [-0.1, -0.05) is 19.9 Å². The summed E-state index contributed by atoms with van der Waals surface area (Å²) in [4.78, 5) is 11.7. The van der Waals surface area contributed by atoms with Gasteiger partial charge in [0.25, 0.3) is 0 Å². The Hall–Kier alpha value is -1.91. The van der Waals surface area contributed by atoms with Crippen LogP contribution in [0.3, 0.4) is 0 Å². The SMILES string of the molecule is COC(=O)C(Nc1cccc(OC)c1N)C(C)C. The van der Waals surface area contributed by atoms with Gasteiger partial charge in [0.05, 0.1) is 25.6 Å². The third kappa shape index (κ3) is 3.06. The second-order valence-electron chi connectivity index (χ2n) is 4.31. The number of carbonyl (C=O) groups excluding carboxylic acids is 1. The van der Waals surface area contributed by atoms with Crippen molar-refractivity contribution in [2.24, 2.45) is 5.92 Å².